The van der Waals surface area contributed by atoms with E-state index in [0.717, 1.165) is 28.3 Å². The summed E-state index contributed by atoms with van der Waals surface area (Å²) >= 11 is 0. The van der Waals surface area contributed by atoms with Crippen LogP contribution in [0.2, 0.25) is 0 Å². The maximum absolute atomic E-state index is 5.76. The average Bonchev–Trinajstić information content (AvgIpc) is 3.09. The lowest BCUT2D eigenvalue weighted by Gasteiger charge is -2.06. The lowest BCUT2D eigenvalue weighted by atomic mass is 10.2. The molecule has 0 N–H and O–H groups in total. The van der Waals surface area contributed by atoms with E-state index in [-0.39, 0.29) is 0 Å². The maximum Gasteiger partial charge on any atom is 0.247 e. The zero-order valence-corrected chi connectivity index (χ0v) is 11.2. The van der Waals surface area contributed by atoms with Crippen LogP contribution in [0, 0.1) is 13.8 Å². The van der Waals surface area contributed by atoms with Gasteiger partial charge in [-0.15, -0.1) is 10.2 Å². The molecule has 3 aromatic rings. The molecule has 0 saturated carbocycles. The molecular weight excluding hydrogens is 258 g/mol. The monoisotopic (exact) mass is 271 g/mol. The lowest BCUT2D eigenvalue weighted by Crippen LogP contribution is -1.97. The zero-order valence-electron chi connectivity index (χ0n) is 11.2. The summed E-state index contributed by atoms with van der Waals surface area (Å²) < 4.78 is 16.0. The van der Waals surface area contributed by atoms with E-state index in [1.807, 2.05) is 38.1 Å². The van der Waals surface area contributed by atoms with Crippen LogP contribution in [0.25, 0.3) is 11.5 Å². The van der Waals surface area contributed by atoms with Crippen molar-refractivity contribution in [2.24, 2.45) is 0 Å². The van der Waals surface area contributed by atoms with Gasteiger partial charge in [0, 0.05) is 5.56 Å². The lowest BCUT2D eigenvalue weighted by molar-refractivity contribution is 0.302. The molecule has 6 nitrogen and oxygen atoms in total. The Hall–Kier alpha value is -2.63. The number of rotatable bonds is 4. The number of nitrogens with zero attached hydrogens (tertiary/aromatic N) is 3. The summed E-state index contributed by atoms with van der Waals surface area (Å²) in [5, 5.41) is 11.4. The third-order valence-corrected chi connectivity index (χ3v) is 3.01. The molecule has 0 aliphatic heterocycles. The average molecular weight is 271 g/mol. The van der Waals surface area contributed by atoms with Gasteiger partial charge >= 0.3 is 0 Å². The fourth-order valence-electron chi connectivity index (χ4n) is 1.88. The van der Waals surface area contributed by atoms with Crippen molar-refractivity contribution in [3.8, 4) is 17.2 Å². The molecule has 1 aromatic carbocycles. The van der Waals surface area contributed by atoms with Crippen molar-refractivity contribution in [1.82, 2.24) is 15.4 Å². The van der Waals surface area contributed by atoms with E-state index in [0.29, 0.717) is 12.5 Å². The first-order valence-corrected chi connectivity index (χ1v) is 6.15. The van der Waals surface area contributed by atoms with Crippen molar-refractivity contribution >= 4 is 0 Å². The van der Waals surface area contributed by atoms with Crippen LogP contribution in [-0.2, 0) is 6.61 Å². The van der Waals surface area contributed by atoms with Crippen molar-refractivity contribution < 1.29 is 13.7 Å². The van der Waals surface area contributed by atoms with Gasteiger partial charge in [0.1, 0.15) is 18.1 Å². The largest absolute Gasteiger partial charge is 0.489 e. The van der Waals surface area contributed by atoms with Gasteiger partial charge in [0.15, 0.2) is 0 Å². The Morgan fingerprint density at radius 2 is 2.15 bits per heavy atom. The summed E-state index contributed by atoms with van der Waals surface area (Å²) in [5.74, 6) is 1.96. The highest BCUT2D eigenvalue weighted by atomic mass is 16.5. The minimum atomic E-state index is 0.411. The van der Waals surface area contributed by atoms with Gasteiger partial charge in [0.05, 0.1) is 11.3 Å². The van der Waals surface area contributed by atoms with E-state index >= 15 is 0 Å². The molecule has 2 heterocycles. The van der Waals surface area contributed by atoms with Gasteiger partial charge in [-0.05, 0) is 32.0 Å². The van der Waals surface area contributed by atoms with Crippen LogP contribution in [-0.4, -0.2) is 15.4 Å². The molecule has 0 saturated heterocycles. The number of aromatic nitrogens is 3. The second kappa shape index (κ2) is 5.16. The first-order chi connectivity index (χ1) is 9.74. The van der Waals surface area contributed by atoms with Crippen molar-refractivity contribution in [3.05, 3.63) is 47.7 Å². The van der Waals surface area contributed by atoms with Gasteiger partial charge in [-0.2, -0.15) is 0 Å². The number of aryl methyl sites for hydroxylation is 2. The molecular formula is C14H13N3O3. The van der Waals surface area contributed by atoms with Crippen molar-refractivity contribution in [1.29, 1.82) is 0 Å². The van der Waals surface area contributed by atoms with E-state index in [9.17, 15) is 0 Å². The molecule has 0 aliphatic rings. The fourth-order valence-corrected chi connectivity index (χ4v) is 1.88. The normalized spacial score (nSPS) is 10.7. The van der Waals surface area contributed by atoms with Crippen LogP contribution in [0.1, 0.15) is 17.0 Å². The summed E-state index contributed by atoms with van der Waals surface area (Å²) in [6, 6.07) is 7.49. The van der Waals surface area contributed by atoms with Crippen molar-refractivity contribution in [2.45, 2.75) is 20.5 Å². The number of hydrogen-bond acceptors (Lipinski definition) is 6. The Labute approximate surface area is 115 Å². The molecule has 6 heteroatoms. The van der Waals surface area contributed by atoms with Gasteiger partial charge in [0.2, 0.25) is 12.3 Å². The smallest absolute Gasteiger partial charge is 0.247 e. The van der Waals surface area contributed by atoms with Gasteiger partial charge in [-0.1, -0.05) is 11.2 Å². The molecule has 3 rings (SSSR count). The van der Waals surface area contributed by atoms with Gasteiger partial charge < -0.3 is 13.7 Å². The molecule has 0 aliphatic carbocycles. The highest BCUT2D eigenvalue weighted by molar-refractivity contribution is 5.55. The van der Waals surface area contributed by atoms with Gasteiger partial charge in [-0.25, -0.2) is 0 Å². The first kappa shape index (κ1) is 12.4. The molecule has 0 atom stereocenters. The SMILES string of the molecule is Cc1noc(C)c1COc1cccc(-c2nnco2)c1. The van der Waals surface area contributed by atoms with E-state index in [1.165, 1.54) is 6.39 Å². The predicted molar refractivity (Wildman–Crippen MR) is 70.0 cm³/mol. The third-order valence-electron chi connectivity index (χ3n) is 3.01. The fraction of sp³-hybridized carbons (Fsp3) is 0.214. The van der Waals surface area contributed by atoms with E-state index < -0.39 is 0 Å². The van der Waals surface area contributed by atoms with E-state index in [4.69, 9.17) is 13.7 Å². The zero-order chi connectivity index (χ0) is 13.9. The van der Waals surface area contributed by atoms with Crippen LogP contribution >= 0.6 is 0 Å². The molecule has 0 spiro atoms. The quantitative estimate of drug-likeness (QED) is 0.726. The maximum atomic E-state index is 5.76. The third kappa shape index (κ3) is 2.40. The summed E-state index contributed by atoms with van der Waals surface area (Å²) in [7, 11) is 0. The second-order valence-corrected chi connectivity index (χ2v) is 4.36. The summed E-state index contributed by atoms with van der Waals surface area (Å²) in [6.45, 7) is 4.17. The Balaban J connectivity index is 1.77. The van der Waals surface area contributed by atoms with Crippen LogP contribution in [0.15, 0.2) is 39.6 Å². The minimum absolute atomic E-state index is 0.411. The van der Waals surface area contributed by atoms with Crippen LogP contribution in [0.5, 0.6) is 5.75 Å². The molecule has 0 radical (unpaired) electrons. The number of hydrogen-bond donors (Lipinski definition) is 0. The number of benzene rings is 1. The second-order valence-electron chi connectivity index (χ2n) is 4.36. The number of ether oxygens (including phenoxy) is 1. The standard InChI is InChI=1S/C14H13N3O3/c1-9-13(10(2)20-17-9)7-18-12-5-3-4-11(6-12)14-16-15-8-19-14/h3-6,8H,7H2,1-2H3. The van der Waals surface area contributed by atoms with Gasteiger partial charge in [-0.3, -0.25) is 0 Å². The first-order valence-electron chi connectivity index (χ1n) is 6.15. The van der Waals surface area contributed by atoms with Gasteiger partial charge in [0.25, 0.3) is 0 Å². The predicted octanol–water partition coefficient (Wildman–Crippen LogP) is 2.92. The highest BCUT2D eigenvalue weighted by Crippen LogP contribution is 2.23. The molecule has 0 fully saturated rings. The molecule has 0 unspecified atom stereocenters. The van der Waals surface area contributed by atoms with Crippen LogP contribution < -0.4 is 4.74 Å². The van der Waals surface area contributed by atoms with Crippen molar-refractivity contribution in [3.63, 3.8) is 0 Å². The molecule has 0 bridgehead atoms. The van der Waals surface area contributed by atoms with Crippen LogP contribution in [0.3, 0.4) is 0 Å². The Morgan fingerprint density at radius 1 is 1.25 bits per heavy atom. The van der Waals surface area contributed by atoms with E-state index in [1.54, 1.807) is 0 Å². The van der Waals surface area contributed by atoms with Crippen LogP contribution in [0.4, 0.5) is 0 Å². The molecule has 0 amide bonds. The Bertz CT molecular complexity index is 685. The summed E-state index contributed by atoms with van der Waals surface area (Å²) in [5.41, 5.74) is 2.63. The molecule has 2 aromatic heterocycles. The van der Waals surface area contributed by atoms with Crippen molar-refractivity contribution in [2.75, 3.05) is 0 Å². The molecule has 102 valence electrons. The van der Waals surface area contributed by atoms with E-state index in [2.05, 4.69) is 15.4 Å². The Kier molecular flexibility index (Phi) is 3.20. The highest BCUT2D eigenvalue weighted by Gasteiger charge is 2.10. The topological polar surface area (TPSA) is 74.2 Å². The molecule has 20 heavy (non-hydrogen) atoms. The minimum Gasteiger partial charge on any atom is -0.489 e. The summed E-state index contributed by atoms with van der Waals surface area (Å²) in [6.07, 6.45) is 1.30. The summed E-state index contributed by atoms with van der Waals surface area (Å²) in [4.78, 5) is 0. The Morgan fingerprint density at radius 3 is 2.85 bits per heavy atom.